The third kappa shape index (κ3) is 4.04. The number of nitrogens with two attached hydrogens (primary N) is 1. The van der Waals surface area contributed by atoms with Crippen LogP contribution in [0.25, 0.3) is 0 Å². The van der Waals surface area contributed by atoms with Gasteiger partial charge in [0.15, 0.2) is 5.78 Å². The van der Waals surface area contributed by atoms with Crippen molar-refractivity contribution in [3.8, 4) is 0 Å². The summed E-state index contributed by atoms with van der Waals surface area (Å²) in [6, 6.07) is 4.39. The molecule has 0 bridgehead atoms. The molecule has 0 amide bonds. The minimum atomic E-state index is -1.31. The Balaban J connectivity index is 2.86. The largest absolute Gasteiger partial charge is 0.466 e. The van der Waals surface area contributed by atoms with Gasteiger partial charge in [0.05, 0.1) is 19.1 Å². The van der Waals surface area contributed by atoms with Gasteiger partial charge in [-0.25, -0.2) is 0 Å². The van der Waals surface area contributed by atoms with Crippen LogP contribution < -0.4 is 5.73 Å². The summed E-state index contributed by atoms with van der Waals surface area (Å²) < 4.78 is 4.70. The van der Waals surface area contributed by atoms with E-state index >= 15 is 0 Å². The van der Waals surface area contributed by atoms with Gasteiger partial charge in [0.25, 0.3) is 0 Å². The Morgan fingerprint density at radius 1 is 1.35 bits per heavy atom. The third-order valence-corrected chi connectivity index (χ3v) is 2.84. The van der Waals surface area contributed by atoms with Gasteiger partial charge in [0.2, 0.25) is 0 Å². The number of aliphatic hydroxyl groups excluding tert-OH is 2. The zero-order valence-electron chi connectivity index (χ0n) is 11.5. The minimum Gasteiger partial charge on any atom is -0.466 e. The van der Waals surface area contributed by atoms with Gasteiger partial charge in [-0.1, -0.05) is 6.07 Å². The van der Waals surface area contributed by atoms with Gasteiger partial charge in [0, 0.05) is 11.3 Å². The number of hydrogen-bond acceptors (Lipinski definition) is 6. The molecule has 0 spiro atoms. The smallest absolute Gasteiger partial charge is 0.308 e. The molecule has 0 saturated heterocycles. The summed E-state index contributed by atoms with van der Waals surface area (Å²) in [7, 11) is 0. The van der Waals surface area contributed by atoms with E-state index in [9.17, 15) is 19.8 Å². The summed E-state index contributed by atoms with van der Waals surface area (Å²) in [5.41, 5.74) is 6.54. The Morgan fingerprint density at radius 2 is 2.00 bits per heavy atom. The number of esters is 1. The predicted octanol–water partition coefficient (Wildman–Crippen LogP) is 0.819. The fourth-order valence-corrected chi connectivity index (χ4v) is 1.79. The van der Waals surface area contributed by atoms with Gasteiger partial charge in [0.1, 0.15) is 6.10 Å². The van der Waals surface area contributed by atoms with Crippen LogP contribution in [-0.4, -0.2) is 34.7 Å². The Hall–Kier alpha value is -1.92. The third-order valence-electron chi connectivity index (χ3n) is 2.84. The molecular formula is C14H19NO5. The summed E-state index contributed by atoms with van der Waals surface area (Å²) in [5.74, 6) is -0.835. The highest BCUT2D eigenvalue weighted by Crippen LogP contribution is 2.23. The average Bonchev–Trinajstić information content (AvgIpc) is 2.38. The number of ketones is 1. The van der Waals surface area contributed by atoms with Crippen LogP contribution in [0.15, 0.2) is 18.2 Å². The van der Waals surface area contributed by atoms with Crippen molar-refractivity contribution in [3.05, 3.63) is 29.3 Å². The second-order valence-corrected chi connectivity index (χ2v) is 4.42. The molecule has 6 heteroatoms. The van der Waals surface area contributed by atoms with E-state index in [0.29, 0.717) is 11.3 Å². The maximum absolute atomic E-state index is 11.4. The molecule has 0 aliphatic rings. The minimum absolute atomic E-state index is 0.206. The van der Waals surface area contributed by atoms with Crippen molar-refractivity contribution in [2.24, 2.45) is 0 Å². The lowest BCUT2D eigenvalue weighted by Crippen LogP contribution is -2.23. The Bertz CT molecular complexity index is 500. The van der Waals surface area contributed by atoms with Gasteiger partial charge >= 0.3 is 5.97 Å². The first-order chi connectivity index (χ1) is 9.36. The molecule has 0 aromatic heterocycles. The van der Waals surface area contributed by atoms with Crippen molar-refractivity contribution in [2.45, 2.75) is 32.5 Å². The summed E-state index contributed by atoms with van der Waals surface area (Å²) in [6.07, 6.45) is -2.93. The topological polar surface area (TPSA) is 110 Å². The van der Waals surface area contributed by atoms with E-state index in [-0.39, 0.29) is 24.4 Å². The second kappa shape index (κ2) is 7.02. The van der Waals surface area contributed by atoms with E-state index < -0.39 is 18.2 Å². The average molecular weight is 281 g/mol. The maximum atomic E-state index is 11.4. The van der Waals surface area contributed by atoms with Crippen molar-refractivity contribution in [3.63, 3.8) is 0 Å². The molecule has 0 fully saturated rings. The second-order valence-electron chi connectivity index (χ2n) is 4.42. The molecule has 20 heavy (non-hydrogen) atoms. The summed E-state index contributed by atoms with van der Waals surface area (Å²) in [4.78, 5) is 22.6. The first kappa shape index (κ1) is 16.1. The summed E-state index contributed by atoms with van der Waals surface area (Å²) >= 11 is 0. The number of hydrogen-bond donors (Lipinski definition) is 3. The van der Waals surface area contributed by atoms with Gasteiger partial charge in [-0.2, -0.15) is 0 Å². The Morgan fingerprint density at radius 3 is 2.55 bits per heavy atom. The molecule has 1 aromatic carbocycles. The molecule has 2 unspecified atom stereocenters. The molecule has 0 radical (unpaired) electrons. The zero-order chi connectivity index (χ0) is 15.3. The number of Topliss-reactive ketones (excluding diaryl/α,β-unsaturated/α-hetero) is 1. The lowest BCUT2D eigenvalue weighted by atomic mass is 9.98. The van der Waals surface area contributed by atoms with Crippen molar-refractivity contribution < 1.29 is 24.5 Å². The van der Waals surface area contributed by atoms with Crippen molar-refractivity contribution in [1.82, 2.24) is 0 Å². The number of benzene rings is 1. The molecule has 1 rings (SSSR count). The van der Waals surface area contributed by atoms with Crippen LogP contribution >= 0.6 is 0 Å². The molecule has 6 nitrogen and oxygen atoms in total. The lowest BCUT2D eigenvalue weighted by Gasteiger charge is -2.18. The van der Waals surface area contributed by atoms with Crippen molar-refractivity contribution in [1.29, 1.82) is 0 Å². The van der Waals surface area contributed by atoms with Gasteiger partial charge in [-0.05, 0) is 31.5 Å². The molecule has 0 heterocycles. The Kier molecular flexibility index (Phi) is 5.66. The standard InChI is InChI=1S/C14H19NO5/c1-3-20-13(18)7-12(17)14(19)9-4-5-11(15)10(6-9)8(2)16/h4-6,12,14,17,19H,3,7,15H2,1-2H3. The molecule has 0 aliphatic carbocycles. The lowest BCUT2D eigenvalue weighted by molar-refractivity contribution is -0.147. The van der Waals surface area contributed by atoms with Crippen LogP contribution in [0, 0.1) is 0 Å². The van der Waals surface area contributed by atoms with Crippen LogP contribution in [-0.2, 0) is 9.53 Å². The number of carbonyl (C=O) groups is 2. The summed E-state index contributed by atoms with van der Waals surface area (Å²) in [6.45, 7) is 3.22. The van der Waals surface area contributed by atoms with Gasteiger partial charge in [-0.3, -0.25) is 9.59 Å². The first-order valence-corrected chi connectivity index (χ1v) is 6.29. The number of ether oxygens (including phenoxy) is 1. The van der Waals surface area contributed by atoms with Crippen LogP contribution in [0.2, 0.25) is 0 Å². The van der Waals surface area contributed by atoms with E-state index in [4.69, 9.17) is 10.5 Å². The quantitative estimate of drug-likeness (QED) is 0.404. The van der Waals surface area contributed by atoms with Crippen molar-refractivity contribution in [2.75, 3.05) is 12.3 Å². The highest BCUT2D eigenvalue weighted by Gasteiger charge is 2.23. The van der Waals surface area contributed by atoms with Crippen molar-refractivity contribution >= 4 is 17.4 Å². The van der Waals surface area contributed by atoms with Crippen LogP contribution in [0.1, 0.15) is 42.3 Å². The van der Waals surface area contributed by atoms with Crippen LogP contribution in [0.4, 0.5) is 5.69 Å². The van der Waals surface area contributed by atoms with Crippen LogP contribution in [0.3, 0.4) is 0 Å². The van der Waals surface area contributed by atoms with E-state index in [1.54, 1.807) is 6.92 Å². The van der Waals surface area contributed by atoms with Gasteiger partial charge < -0.3 is 20.7 Å². The van der Waals surface area contributed by atoms with Gasteiger partial charge in [-0.15, -0.1) is 0 Å². The summed E-state index contributed by atoms with van der Waals surface area (Å²) in [5, 5.41) is 19.8. The number of carbonyl (C=O) groups excluding carboxylic acids is 2. The van der Waals surface area contributed by atoms with E-state index in [0.717, 1.165) is 0 Å². The fraction of sp³-hybridized carbons (Fsp3) is 0.429. The molecule has 4 N–H and O–H groups in total. The monoisotopic (exact) mass is 281 g/mol. The highest BCUT2D eigenvalue weighted by atomic mass is 16.5. The number of anilines is 1. The Labute approximate surface area is 117 Å². The van der Waals surface area contributed by atoms with E-state index in [1.165, 1.54) is 25.1 Å². The SMILES string of the molecule is CCOC(=O)CC(O)C(O)c1ccc(N)c(C(C)=O)c1. The fourth-order valence-electron chi connectivity index (χ4n) is 1.79. The molecule has 1 aromatic rings. The first-order valence-electron chi connectivity index (χ1n) is 6.29. The normalized spacial score (nSPS) is 13.6. The highest BCUT2D eigenvalue weighted by molar-refractivity contribution is 5.99. The molecule has 0 saturated carbocycles. The predicted molar refractivity (Wildman–Crippen MR) is 73.1 cm³/mol. The molecule has 110 valence electrons. The zero-order valence-corrected chi connectivity index (χ0v) is 11.5. The van der Waals surface area contributed by atoms with E-state index in [1.807, 2.05) is 0 Å². The number of rotatable bonds is 6. The molecule has 0 aliphatic heterocycles. The maximum Gasteiger partial charge on any atom is 0.308 e. The van der Waals surface area contributed by atoms with E-state index in [2.05, 4.69) is 0 Å². The van der Waals surface area contributed by atoms with Crippen LogP contribution in [0.5, 0.6) is 0 Å². The number of aliphatic hydroxyl groups is 2. The number of nitrogen functional groups attached to an aromatic ring is 1. The molecule has 2 atom stereocenters. The molecular weight excluding hydrogens is 262 g/mol.